The fourth-order valence-corrected chi connectivity index (χ4v) is 3.32. The molecule has 3 heteroatoms. The van der Waals surface area contributed by atoms with Crippen LogP contribution in [0.1, 0.15) is 24.3 Å². The van der Waals surface area contributed by atoms with Gasteiger partial charge in [0.2, 0.25) is 0 Å². The predicted molar refractivity (Wildman–Crippen MR) is 90.6 cm³/mol. The molecule has 0 amide bonds. The van der Waals surface area contributed by atoms with Gasteiger partial charge in [0.15, 0.2) is 0 Å². The van der Waals surface area contributed by atoms with Crippen molar-refractivity contribution in [3.05, 3.63) is 54.1 Å². The Morgan fingerprint density at radius 3 is 2.43 bits per heavy atom. The lowest BCUT2D eigenvalue weighted by atomic mass is 9.75. The maximum Gasteiger partial charge on any atom is 0.122 e. The van der Waals surface area contributed by atoms with Gasteiger partial charge in [-0.3, -0.25) is 0 Å². The maximum absolute atomic E-state index is 5.46. The van der Waals surface area contributed by atoms with Crippen molar-refractivity contribution in [3.63, 3.8) is 0 Å². The Kier molecular flexibility index (Phi) is 4.39. The molecular formula is C18H21NOS. The van der Waals surface area contributed by atoms with E-state index in [2.05, 4.69) is 54.0 Å². The van der Waals surface area contributed by atoms with Gasteiger partial charge in [-0.2, -0.15) is 0 Å². The molecule has 2 aromatic rings. The summed E-state index contributed by atoms with van der Waals surface area (Å²) in [5, 5.41) is 3.62. The highest BCUT2D eigenvalue weighted by atomic mass is 32.2. The number of anilines is 1. The van der Waals surface area contributed by atoms with Gasteiger partial charge >= 0.3 is 0 Å². The molecule has 1 fully saturated rings. The van der Waals surface area contributed by atoms with Crippen molar-refractivity contribution in [2.24, 2.45) is 0 Å². The first-order valence-corrected chi connectivity index (χ1v) is 8.56. The second-order valence-electron chi connectivity index (χ2n) is 5.48. The third-order valence-electron chi connectivity index (χ3n) is 4.18. The van der Waals surface area contributed by atoms with Gasteiger partial charge in [-0.15, -0.1) is 11.8 Å². The lowest BCUT2D eigenvalue weighted by molar-refractivity contribution is 0.350. The van der Waals surface area contributed by atoms with E-state index in [0.29, 0.717) is 12.0 Å². The summed E-state index contributed by atoms with van der Waals surface area (Å²) in [7, 11) is 1.75. The average Bonchev–Trinajstić information content (AvgIpc) is 2.51. The molecule has 1 N–H and O–H groups in total. The molecule has 2 aromatic carbocycles. The van der Waals surface area contributed by atoms with Gasteiger partial charge in [-0.05, 0) is 60.9 Å². The maximum atomic E-state index is 5.46. The van der Waals surface area contributed by atoms with Crippen LogP contribution in [0.2, 0.25) is 0 Å². The quantitative estimate of drug-likeness (QED) is 0.803. The Bertz CT molecular complexity index is 590. The minimum absolute atomic E-state index is 0.569. The minimum Gasteiger partial charge on any atom is -0.496 e. The second-order valence-corrected chi connectivity index (χ2v) is 6.36. The van der Waals surface area contributed by atoms with Crippen molar-refractivity contribution in [1.29, 1.82) is 0 Å². The normalized spacial score (nSPS) is 20.7. The molecule has 0 bridgehead atoms. The van der Waals surface area contributed by atoms with E-state index in [9.17, 15) is 0 Å². The van der Waals surface area contributed by atoms with Crippen molar-refractivity contribution >= 4 is 17.4 Å². The molecule has 21 heavy (non-hydrogen) atoms. The van der Waals surface area contributed by atoms with Crippen molar-refractivity contribution in [1.82, 2.24) is 0 Å². The van der Waals surface area contributed by atoms with Crippen molar-refractivity contribution in [3.8, 4) is 5.75 Å². The molecule has 0 aliphatic heterocycles. The number of hydrogen-bond donors (Lipinski definition) is 1. The molecule has 0 unspecified atom stereocenters. The fourth-order valence-electron chi connectivity index (χ4n) is 2.92. The predicted octanol–water partition coefficient (Wildman–Crippen LogP) is 4.78. The van der Waals surface area contributed by atoms with Crippen LogP contribution in [-0.2, 0) is 0 Å². The van der Waals surface area contributed by atoms with Crippen molar-refractivity contribution < 1.29 is 4.74 Å². The van der Waals surface area contributed by atoms with Crippen LogP contribution in [0.4, 0.5) is 5.69 Å². The van der Waals surface area contributed by atoms with Crippen molar-refractivity contribution in [2.75, 3.05) is 18.7 Å². The van der Waals surface area contributed by atoms with Crippen LogP contribution in [0, 0.1) is 0 Å². The summed E-state index contributed by atoms with van der Waals surface area (Å²) in [5.74, 6) is 1.63. The van der Waals surface area contributed by atoms with Crippen LogP contribution in [-0.4, -0.2) is 19.4 Å². The molecule has 3 rings (SSSR count). The molecule has 1 aliphatic rings. The Morgan fingerprint density at radius 2 is 1.76 bits per heavy atom. The number of rotatable bonds is 5. The number of nitrogens with one attached hydrogen (secondary N) is 1. The summed E-state index contributed by atoms with van der Waals surface area (Å²) in [4.78, 5) is 1.31. The number of thioether (sulfide) groups is 1. The van der Waals surface area contributed by atoms with E-state index in [0.717, 1.165) is 5.75 Å². The summed E-state index contributed by atoms with van der Waals surface area (Å²) in [6, 6.07) is 17.6. The zero-order valence-corrected chi connectivity index (χ0v) is 13.3. The molecule has 1 saturated carbocycles. The SMILES string of the molecule is COc1ccccc1C1CC(Nc2ccc(SC)cc2)C1. The van der Waals surface area contributed by atoms with Gasteiger partial charge in [-0.1, -0.05) is 18.2 Å². The van der Waals surface area contributed by atoms with E-state index in [1.165, 1.54) is 29.0 Å². The third-order valence-corrected chi connectivity index (χ3v) is 4.92. The van der Waals surface area contributed by atoms with Crippen LogP contribution in [0.5, 0.6) is 5.75 Å². The van der Waals surface area contributed by atoms with Crippen LogP contribution in [0.3, 0.4) is 0 Å². The monoisotopic (exact) mass is 299 g/mol. The lowest BCUT2D eigenvalue weighted by Gasteiger charge is -2.37. The number of benzene rings is 2. The topological polar surface area (TPSA) is 21.3 Å². The molecule has 0 saturated heterocycles. The number of hydrogen-bond acceptors (Lipinski definition) is 3. The first kappa shape index (κ1) is 14.3. The molecule has 0 heterocycles. The van der Waals surface area contributed by atoms with Gasteiger partial charge < -0.3 is 10.1 Å². The smallest absolute Gasteiger partial charge is 0.122 e. The largest absolute Gasteiger partial charge is 0.496 e. The summed E-state index contributed by atoms with van der Waals surface area (Å²) in [6.45, 7) is 0. The summed E-state index contributed by atoms with van der Waals surface area (Å²) in [6.07, 6.45) is 4.45. The third kappa shape index (κ3) is 3.18. The highest BCUT2D eigenvalue weighted by Crippen LogP contribution is 2.42. The summed E-state index contributed by atoms with van der Waals surface area (Å²) in [5.41, 5.74) is 2.56. The van der Waals surface area contributed by atoms with Crippen LogP contribution < -0.4 is 10.1 Å². The standard InChI is InChI=1S/C18H21NOS/c1-20-18-6-4-3-5-17(18)13-11-15(12-13)19-14-7-9-16(21-2)10-8-14/h3-10,13,15,19H,11-12H2,1-2H3. The molecule has 0 aromatic heterocycles. The van der Waals surface area contributed by atoms with E-state index in [1.54, 1.807) is 18.9 Å². The second kappa shape index (κ2) is 6.44. The summed E-state index contributed by atoms with van der Waals surface area (Å²) < 4.78 is 5.46. The zero-order valence-electron chi connectivity index (χ0n) is 12.5. The summed E-state index contributed by atoms with van der Waals surface area (Å²) >= 11 is 1.78. The minimum atomic E-state index is 0.569. The van der Waals surface area contributed by atoms with E-state index in [1.807, 2.05) is 6.07 Å². The highest BCUT2D eigenvalue weighted by molar-refractivity contribution is 7.98. The van der Waals surface area contributed by atoms with Gasteiger partial charge in [0.05, 0.1) is 7.11 Å². The number of para-hydroxylation sites is 1. The molecule has 2 nitrogen and oxygen atoms in total. The van der Waals surface area contributed by atoms with E-state index < -0.39 is 0 Å². The lowest BCUT2D eigenvalue weighted by Crippen LogP contribution is -2.34. The van der Waals surface area contributed by atoms with E-state index in [-0.39, 0.29) is 0 Å². The molecule has 0 spiro atoms. The van der Waals surface area contributed by atoms with Gasteiger partial charge in [0.25, 0.3) is 0 Å². The Hall–Kier alpha value is -1.61. The van der Waals surface area contributed by atoms with Crippen LogP contribution >= 0.6 is 11.8 Å². The highest BCUT2D eigenvalue weighted by Gasteiger charge is 2.31. The zero-order chi connectivity index (χ0) is 14.7. The molecule has 0 atom stereocenters. The number of methoxy groups -OCH3 is 1. The van der Waals surface area contributed by atoms with Gasteiger partial charge in [0, 0.05) is 16.6 Å². The Balaban J connectivity index is 1.58. The fraction of sp³-hybridized carbons (Fsp3) is 0.333. The van der Waals surface area contributed by atoms with Gasteiger partial charge in [0.1, 0.15) is 5.75 Å². The van der Waals surface area contributed by atoms with Crippen molar-refractivity contribution in [2.45, 2.75) is 29.7 Å². The first-order chi connectivity index (χ1) is 10.3. The van der Waals surface area contributed by atoms with E-state index in [4.69, 9.17) is 4.74 Å². The molecule has 110 valence electrons. The molecule has 1 aliphatic carbocycles. The first-order valence-electron chi connectivity index (χ1n) is 7.33. The van der Waals surface area contributed by atoms with E-state index >= 15 is 0 Å². The molecule has 0 radical (unpaired) electrons. The molecular weight excluding hydrogens is 278 g/mol. The number of ether oxygens (including phenoxy) is 1. The Labute approximate surface area is 130 Å². The van der Waals surface area contributed by atoms with Gasteiger partial charge in [-0.25, -0.2) is 0 Å². The van der Waals surface area contributed by atoms with Crippen LogP contribution in [0.25, 0.3) is 0 Å². The average molecular weight is 299 g/mol. The Morgan fingerprint density at radius 1 is 1.05 bits per heavy atom. The van der Waals surface area contributed by atoms with Crippen LogP contribution in [0.15, 0.2) is 53.4 Å².